The molecule has 1 aromatic rings. The van der Waals surface area contributed by atoms with Gasteiger partial charge in [0.05, 0.1) is 6.61 Å². The molecule has 0 spiro atoms. The van der Waals surface area contributed by atoms with Gasteiger partial charge >= 0.3 is 5.97 Å². The highest BCUT2D eigenvalue weighted by Gasteiger charge is 2.36. The molecule has 0 amide bonds. The number of hydrogen-bond acceptors (Lipinski definition) is 3. The maximum absolute atomic E-state index is 11.8. The first kappa shape index (κ1) is 12.1. The Morgan fingerprint density at radius 2 is 2.06 bits per heavy atom. The van der Waals surface area contributed by atoms with Crippen molar-refractivity contribution >= 4 is 5.97 Å². The van der Waals surface area contributed by atoms with Gasteiger partial charge in [-0.1, -0.05) is 30.3 Å². The zero-order valence-electron chi connectivity index (χ0n) is 10.4. The van der Waals surface area contributed by atoms with Gasteiger partial charge in [-0.05, 0) is 32.4 Å². The predicted octanol–water partition coefficient (Wildman–Crippen LogP) is 2.39. The van der Waals surface area contributed by atoms with Crippen LogP contribution in [-0.2, 0) is 9.53 Å². The van der Waals surface area contributed by atoms with Crippen molar-refractivity contribution in [3.8, 4) is 0 Å². The van der Waals surface area contributed by atoms with Crippen LogP contribution in [-0.4, -0.2) is 30.6 Å². The van der Waals surface area contributed by atoms with Crippen molar-refractivity contribution in [2.75, 3.05) is 13.7 Å². The third kappa shape index (κ3) is 2.50. The van der Waals surface area contributed by atoms with Gasteiger partial charge in [-0.2, -0.15) is 0 Å². The third-order valence-corrected chi connectivity index (χ3v) is 3.44. The summed E-state index contributed by atoms with van der Waals surface area (Å²) in [6.45, 7) is 2.31. The summed E-state index contributed by atoms with van der Waals surface area (Å²) in [6, 6.07) is 10.6. The molecular formula is C14H19NO2. The lowest BCUT2D eigenvalue weighted by atomic mass is 10.1. The molecule has 1 aliphatic rings. The van der Waals surface area contributed by atoms with E-state index in [-0.39, 0.29) is 12.0 Å². The van der Waals surface area contributed by atoms with E-state index in [9.17, 15) is 4.79 Å². The Balaban J connectivity index is 2.07. The molecule has 0 aromatic heterocycles. The molecule has 0 aliphatic carbocycles. The SMILES string of the molecule is CCOC(=O)C1CCC(c2ccccc2)N1C. The van der Waals surface area contributed by atoms with E-state index in [4.69, 9.17) is 4.74 Å². The molecule has 0 bridgehead atoms. The molecule has 0 N–H and O–H groups in total. The zero-order chi connectivity index (χ0) is 12.3. The molecule has 2 unspecified atom stereocenters. The van der Waals surface area contributed by atoms with Gasteiger partial charge in [0.25, 0.3) is 0 Å². The van der Waals surface area contributed by atoms with Crippen LogP contribution in [0.4, 0.5) is 0 Å². The number of likely N-dealkylation sites (tertiary alicyclic amines) is 1. The fourth-order valence-electron chi connectivity index (χ4n) is 2.54. The second-order valence-corrected chi connectivity index (χ2v) is 4.44. The lowest BCUT2D eigenvalue weighted by molar-refractivity contribution is -0.148. The minimum absolute atomic E-state index is 0.0832. The number of benzene rings is 1. The lowest BCUT2D eigenvalue weighted by Gasteiger charge is -2.24. The van der Waals surface area contributed by atoms with E-state index >= 15 is 0 Å². The summed E-state index contributed by atoms with van der Waals surface area (Å²) in [4.78, 5) is 13.9. The van der Waals surface area contributed by atoms with Gasteiger partial charge in [0.1, 0.15) is 6.04 Å². The van der Waals surface area contributed by atoms with Gasteiger partial charge in [0, 0.05) is 6.04 Å². The summed E-state index contributed by atoms with van der Waals surface area (Å²) in [5.41, 5.74) is 1.28. The van der Waals surface area contributed by atoms with Crippen LogP contribution in [0, 0.1) is 0 Å². The van der Waals surface area contributed by atoms with Gasteiger partial charge in [0.2, 0.25) is 0 Å². The first-order chi connectivity index (χ1) is 8.24. The monoisotopic (exact) mass is 233 g/mol. The van der Waals surface area contributed by atoms with Crippen LogP contribution in [0.1, 0.15) is 31.4 Å². The Hall–Kier alpha value is -1.35. The van der Waals surface area contributed by atoms with E-state index in [0.717, 1.165) is 12.8 Å². The van der Waals surface area contributed by atoms with Crippen LogP contribution < -0.4 is 0 Å². The van der Waals surface area contributed by atoms with Crippen molar-refractivity contribution in [1.82, 2.24) is 4.90 Å². The molecule has 3 heteroatoms. The van der Waals surface area contributed by atoms with Gasteiger partial charge in [0.15, 0.2) is 0 Å². The maximum atomic E-state index is 11.8. The summed E-state index contributed by atoms with van der Waals surface area (Å²) < 4.78 is 5.10. The second kappa shape index (κ2) is 5.32. The standard InChI is InChI=1S/C14H19NO2/c1-3-17-14(16)13-10-9-12(15(13)2)11-7-5-4-6-8-11/h4-8,12-13H,3,9-10H2,1-2H3. The average Bonchev–Trinajstić information content (AvgIpc) is 2.72. The number of rotatable bonds is 3. The number of carbonyl (C=O) groups excluding carboxylic acids is 1. The van der Waals surface area contributed by atoms with Crippen LogP contribution in [0.3, 0.4) is 0 Å². The van der Waals surface area contributed by atoms with Crippen molar-refractivity contribution in [3.63, 3.8) is 0 Å². The summed E-state index contributed by atoms with van der Waals surface area (Å²) >= 11 is 0. The Morgan fingerprint density at radius 3 is 2.71 bits per heavy atom. The molecule has 1 heterocycles. The summed E-state index contributed by atoms with van der Waals surface area (Å²) in [6.07, 6.45) is 1.90. The topological polar surface area (TPSA) is 29.5 Å². The van der Waals surface area contributed by atoms with Crippen LogP contribution in [0.2, 0.25) is 0 Å². The molecular weight excluding hydrogens is 214 g/mol. The molecule has 0 saturated carbocycles. The minimum Gasteiger partial charge on any atom is -0.465 e. The number of hydrogen-bond donors (Lipinski definition) is 0. The van der Waals surface area contributed by atoms with Gasteiger partial charge < -0.3 is 4.74 Å². The Labute approximate surface area is 102 Å². The smallest absolute Gasteiger partial charge is 0.323 e. The highest BCUT2D eigenvalue weighted by molar-refractivity contribution is 5.76. The van der Waals surface area contributed by atoms with Crippen molar-refractivity contribution < 1.29 is 9.53 Å². The van der Waals surface area contributed by atoms with Crippen LogP contribution in [0.5, 0.6) is 0 Å². The van der Waals surface area contributed by atoms with Gasteiger partial charge in [-0.15, -0.1) is 0 Å². The Morgan fingerprint density at radius 1 is 1.35 bits per heavy atom. The van der Waals surface area contributed by atoms with E-state index < -0.39 is 0 Å². The molecule has 2 atom stereocenters. The largest absolute Gasteiger partial charge is 0.465 e. The zero-order valence-corrected chi connectivity index (χ0v) is 10.4. The molecule has 92 valence electrons. The van der Waals surface area contributed by atoms with Crippen LogP contribution >= 0.6 is 0 Å². The summed E-state index contributed by atoms with van der Waals surface area (Å²) in [5, 5.41) is 0. The Kier molecular flexibility index (Phi) is 3.79. The molecule has 0 radical (unpaired) electrons. The number of carbonyl (C=O) groups is 1. The van der Waals surface area contributed by atoms with Gasteiger partial charge in [-0.3, -0.25) is 9.69 Å². The fraction of sp³-hybridized carbons (Fsp3) is 0.500. The average molecular weight is 233 g/mol. The molecule has 1 fully saturated rings. The van der Waals surface area contributed by atoms with Crippen molar-refractivity contribution in [3.05, 3.63) is 35.9 Å². The number of ether oxygens (including phenoxy) is 1. The van der Waals surface area contributed by atoms with Crippen LogP contribution in [0.25, 0.3) is 0 Å². The molecule has 1 aliphatic heterocycles. The van der Waals surface area contributed by atoms with Crippen molar-refractivity contribution in [1.29, 1.82) is 0 Å². The number of esters is 1. The molecule has 2 rings (SSSR count). The lowest BCUT2D eigenvalue weighted by Crippen LogP contribution is -2.35. The van der Waals surface area contributed by atoms with Crippen molar-refractivity contribution in [2.24, 2.45) is 0 Å². The predicted molar refractivity (Wildman–Crippen MR) is 66.6 cm³/mol. The number of nitrogens with zero attached hydrogens (tertiary/aromatic N) is 1. The van der Waals surface area contributed by atoms with Gasteiger partial charge in [-0.25, -0.2) is 0 Å². The van der Waals surface area contributed by atoms with Crippen molar-refractivity contribution in [2.45, 2.75) is 31.8 Å². The molecule has 1 aromatic carbocycles. The first-order valence-corrected chi connectivity index (χ1v) is 6.17. The van der Waals surface area contributed by atoms with E-state index in [2.05, 4.69) is 17.0 Å². The van der Waals surface area contributed by atoms with E-state index in [1.807, 2.05) is 32.2 Å². The normalized spacial score (nSPS) is 24.8. The summed E-state index contributed by atoms with van der Waals surface area (Å²) in [5.74, 6) is -0.0894. The second-order valence-electron chi connectivity index (χ2n) is 4.44. The fourth-order valence-corrected chi connectivity index (χ4v) is 2.54. The highest BCUT2D eigenvalue weighted by Crippen LogP contribution is 2.34. The molecule has 17 heavy (non-hydrogen) atoms. The number of likely N-dealkylation sites (N-methyl/N-ethyl adjacent to an activating group) is 1. The maximum Gasteiger partial charge on any atom is 0.323 e. The van der Waals surface area contributed by atoms with E-state index in [1.165, 1.54) is 5.56 Å². The van der Waals surface area contributed by atoms with E-state index in [1.54, 1.807) is 0 Å². The first-order valence-electron chi connectivity index (χ1n) is 6.17. The quantitative estimate of drug-likeness (QED) is 0.751. The highest BCUT2D eigenvalue weighted by atomic mass is 16.5. The van der Waals surface area contributed by atoms with E-state index in [0.29, 0.717) is 12.6 Å². The molecule has 1 saturated heterocycles. The molecule has 3 nitrogen and oxygen atoms in total. The minimum atomic E-state index is -0.0894. The van der Waals surface area contributed by atoms with Crippen LogP contribution in [0.15, 0.2) is 30.3 Å². The Bertz CT molecular complexity index is 377. The third-order valence-electron chi connectivity index (χ3n) is 3.44. The summed E-state index contributed by atoms with van der Waals surface area (Å²) in [7, 11) is 2.01.